The van der Waals surface area contributed by atoms with Crippen molar-refractivity contribution >= 4 is 0 Å². The van der Waals surface area contributed by atoms with E-state index in [2.05, 4.69) is 52.1 Å². The first-order valence-electron chi connectivity index (χ1n) is 7.22. The summed E-state index contributed by atoms with van der Waals surface area (Å²) in [6, 6.07) is 4.50. The van der Waals surface area contributed by atoms with Gasteiger partial charge >= 0.3 is 0 Å². The molecule has 1 aliphatic heterocycles. The molecule has 2 nitrogen and oxygen atoms in total. The monoisotopic (exact) mass is 261 g/mol. The molecule has 19 heavy (non-hydrogen) atoms. The van der Waals surface area contributed by atoms with Crippen molar-refractivity contribution < 1.29 is 4.74 Å². The van der Waals surface area contributed by atoms with Crippen LogP contribution in [0.1, 0.15) is 50.3 Å². The van der Waals surface area contributed by atoms with Gasteiger partial charge in [-0.2, -0.15) is 0 Å². The van der Waals surface area contributed by atoms with E-state index in [1.807, 2.05) is 0 Å². The Kier molecular flexibility index (Phi) is 3.65. The molecule has 1 heterocycles. The van der Waals surface area contributed by atoms with Gasteiger partial charge in [-0.15, -0.1) is 0 Å². The third-order valence-corrected chi connectivity index (χ3v) is 4.64. The fraction of sp³-hybridized carbons (Fsp3) is 0.647. The Morgan fingerprint density at radius 2 is 1.84 bits per heavy atom. The smallest absolute Gasteiger partial charge is 0.122 e. The van der Waals surface area contributed by atoms with Crippen LogP contribution in [0.2, 0.25) is 0 Å². The molecule has 2 rings (SSSR count). The molecule has 1 aromatic rings. The maximum absolute atomic E-state index is 5.44. The average molecular weight is 261 g/mol. The normalized spacial score (nSPS) is 23.7. The van der Waals surface area contributed by atoms with E-state index < -0.39 is 0 Å². The first-order chi connectivity index (χ1) is 8.82. The summed E-state index contributed by atoms with van der Waals surface area (Å²) in [5.74, 6) is 0.989. The molecule has 1 unspecified atom stereocenters. The maximum atomic E-state index is 5.44. The Morgan fingerprint density at radius 1 is 1.16 bits per heavy atom. The number of aryl methyl sites for hydroxylation is 2. The van der Waals surface area contributed by atoms with Crippen molar-refractivity contribution in [1.29, 1.82) is 0 Å². The van der Waals surface area contributed by atoms with Crippen molar-refractivity contribution in [2.45, 2.75) is 53.0 Å². The molecule has 106 valence electrons. The summed E-state index contributed by atoms with van der Waals surface area (Å²) in [6.45, 7) is 12.5. The summed E-state index contributed by atoms with van der Waals surface area (Å²) in [5, 5.41) is 3.79. The zero-order valence-corrected chi connectivity index (χ0v) is 13.2. The van der Waals surface area contributed by atoms with Gasteiger partial charge in [0.05, 0.1) is 7.11 Å². The maximum Gasteiger partial charge on any atom is 0.122 e. The molecular formula is C17H27NO. The number of benzene rings is 1. The van der Waals surface area contributed by atoms with Crippen LogP contribution in [0.4, 0.5) is 0 Å². The largest absolute Gasteiger partial charge is 0.496 e. The van der Waals surface area contributed by atoms with E-state index >= 15 is 0 Å². The Morgan fingerprint density at radius 3 is 2.32 bits per heavy atom. The van der Waals surface area contributed by atoms with Crippen LogP contribution in [-0.2, 0) is 5.54 Å². The van der Waals surface area contributed by atoms with Crippen LogP contribution < -0.4 is 10.1 Å². The second-order valence-electron chi connectivity index (χ2n) is 6.82. The highest BCUT2D eigenvalue weighted by molar-refractivity contribution is 5.45. The average Bonchev–Trinajstić information content (AvgIpc) is 2.81. The molecule has 2 heteroatoms. The van der Waals surface area contributed by atoms with Gasteiger partial charge in [0.25, 0.3) is 0 Å². The summed E-state index contributed by atoms with van der Waals surface area (Å²) in [5.41, 5.74) is 4.28. The van der Waals surface area contributed by atoms with E-state index in [0.717, 1.165) is 12.3 Å². The van der Waals surface area contributed by atoms with Crippen molar-refractivity contribution in [2.24, 2.45) is 5.41 Å². The van der Waals surface area contributed by atoms with E-state index in [-0.39, 0.29) is 11.0 Å². The lowest BCUT2D eigenvalue weighted by atomic mass is 9.67. The third kappa shape index (κ3) is 2.27. The van der Waals surface area contributed by atoms with E-state index in [1.54, 1.807) is 7.11 Å². The molecule has 0 saturated carbocycles. The Balaban J connectivity index is 2.58. The highest BCUT2D eigenvalue weighted by Crippen LogP contribution is 2.47. The number of nitrogens with one attached hydrogen (secondary N) is 1. The van der Waals surface area contributed by atoms with Crippen LogP contribution in [0.25, 0.3) is 0 Å². The van der Waals surface area contributed by atoms with Crippen molar-refractivity contribution in [2.75, 3.05) is 13.7 Å². The molecule has 1 atom stereocenters. The van der Waals surface area contributed by atoms with Gasteiger partial charge in [-0.25, -0.2) is 0 Å². The molecular weight excluding hydrogens is 234 g/mol. The van der Waals surface area contributed by atoms with Crippen molar-refractivity contribution in [3.8, 4) is 5.75 Å². The lowest BCUT2D eigenvalue weighted by Crippen LogP contribution is -2.48. The molecule has 1 N–H and O–H groups in total. The molecule has 1 saturated heterocycles. The quantitative estimate of drug-likeness (QED) is 0.870. The van der Waals surface area contributed by atoms with Gasteiger partial charge in [-0.1, -0.05) is 26.8 Å². The Labute approximate surface area is 117 Å². The van der Waals surface area contributed by atoms with Gasteiger partial charge in [0.2, 0.25) is 0 Å². The molecule has 0 amide bonds. The van der Waals surface area contributed by atoms with Crippen molar-refractivity contribution in [1.82, 2.24) is 5.32 Å². The minimum absolute atomic E-state index is 0.0914. The minimum Gasteiger partial charge on any atom is -0.496 e. The van der Waals surface area contributed by atoms with Crippen LogP contribution in [0.15, 0.2) is 12.1 Å². The highest BCUT2D eigenvalue weighted by Gasteiger charge is 2.46. The molecule has 0 aliphatic carbocycles. The van der Waals surface area contributed by atoms with Crippen molar-refractivity contribution in [3.63, 3.8) is 0 Å². The van der Waals surface area contributed by atoms with Gasteiger partial charge in [-0.3, -0.25) is 0 Å². The molecule has 1 aliphatic rings. The molecule has 1 fully saturated rings. The molecule has 0 aromatic heterocycles. The Hall–Kier alpha value is -1.02. The minimum atomic E-state index is 0.0914. The standard InChI is InChI=1S/C17H27NO/c1-12-11-15(19-6)13(2)10-14(12)17(16(3,4)5)8-7-9-18-17/h10-11,18H,7-9H2,1-6H3. The zero-order valence-electron chi connectivity index (χ0n) is 13.2. The SMILES string of the molecule is COc1cc(C)c(C2(C(C)(C)C)CCCN2)cc1C. The number of hydrogen-bond acceptors (Lipinski definition) is 2. The topological polar surface area (TPSA) is 21.3 Å². The first kappa shape index (κ1) is 14.4. The first-order valence-corrected chi connectivity index (χ1v) is 7.22. The number of hydrogen-bond donors (Lipinski definition) is 1. The second-order valence-corrected chi connectivity index (χ2v) is 6.82. The summed E-state index contributed by atoms with van der Waals surface area (Å²) >= 11 is 0. The number of ether oxygens (including phenoxy) is 1. The van der Waals surface area contributed by atoms with Crippen LogP contribution in [0, 0.1) is 19.3 Å². The van der Waals surface area contributed by atoms with Crippen LogP contribution in [-0.4, -0.2) is 13.7 Å². The second kappa shape index (κ2) is 4.82. The molecule has 0 spiro atoms. The van der Waals surface area contributed by atoms with Gasteiger partial charge < -0.3 is 10.1 Å². The summed E-state index contributed by atoms with van der Waals surface area (Å²) in [6.07, 6.45) is 2.46. The van der Waals surface area contributed by atoms with E-state index in [0.29, 0.717) is 0 Å². The molecule has 1 aromatic carbocycles. The predicted molar refractivity (Wildman–Crippen MR) is 80.8 cm³/mol. The number of methoxy groups -OCH3 is 1. The summed E-state index contributed by atoms with van der Waals surface area (Å²) in [4.78, 5) is 0. The van der Waals surface area contributed by atoms with E-state index in [1.165, 1.54) is 29.5 Å². The summed E-state index contributed by atoms with van der Waals surface area (Å²) < 4.78 is 5.44. The fourth-order valence-electron chi connectivity index (χ4n) is 3.49. The summed E-state index contributed by atoms with van der Waals surface area (Å²) in [7, 11) is 1.74. The van der Waals surface area contributed by atoms with Crippen LogP contribution in [0.5, 0.6) is 5.75 Å². The van der Waals surface area contributed by atoms with Gasteiger partial charge in [-0.05, 0) is 61.4 Å². The van der Waals surface area contributed by atoms with Crippen molar-refractivity contribution in [3.05, 3.63) is 28.8 Å². The Bertz CT molecular complexity index is 465. The lowest BCUT2D eigenvalue weighted by molar-refractivity contribution is 0.159. The fourth-order valence-corrected chi connectivity index (χ4v) is 3.49. The van der Waals surface area contributed by atoms with E-state index in [4.69, 9.17) is 4.74 Å². The van der Waals surface area contributed by atoms with E-state index in [9.17, 15) is 0 Å². The molecule has 0 bridgehead atoms. The molecule has 0 radical (unpaired) electrons. The van der Waals surface area contributed by atoms with Crippen LogP contribution in [0.3, 0.4) is 0 Å². The van der Waals surface area contributed by atoms with Crippen LogP contribution >= 0.6 is 0 Å². The number of rotatable bonds is 2. The van der Waals surface area contributed by atoms with Gasteiger partial charge in [0, 0.05) is 5.54 Å². The third-order valence-electron chi connectivity index (χ3n) is 4.64. The highest BCUT2D eigenvalue weighted by atomic mass is 16.5. The zero-order chi connectivity index (χ0) is 14.3. The van der Waals surface area contributed by atoms with Gasteiger partial charge in [0.1, 0.15) is 5.75 Å². The lowest BCUT2D eigenvalue weighted by Gasteiger charge is -2.44. The van der Waals surface area contributed by atoms with Gasteiger partial charge in [0.15, 0.2) is 0 Å². The predicted octanol–water partition coefficient (Wildman–Crippen LogP) is 3.94.